The highest BCUT2D eigenvalue weighted by atomic mass is 32.2. The van der Waals surface area contributed by atoms with E-state index < -0.39 is 0 Å². The molecule has 0 unspecified atom stereocenters. The molecule has 0 atom stereocenters. The molecule has 0 fully saturated rings. The Morgan fingerprint density at radius 1 is 1.24 bits per heavy atom. The smallest absolute Gasteiger partial charge is 0.277 e. The van der Waals surface area contributed by atoms with E-state index in [0.717, 1.165) is 23.3 Å². The van der Waals surface area contributed by atoms with Crippen LogP contribution >= 0.6 is 11.9 Å². The number of amides is 1. The average Bonchev–Trinajstić information content (AvgIpc) is 2.62. The third-order valence-corrected chi connectivity index (χ3v) is 4.77. The number of nitrogens with zero attached hydrogens (tertiary/aromatic N) is 2. The molecule has 0 spiro atoms. The molecule has 2 aromatic rings. The molecule has 0 bridgehead atoms. The van der Waals surface area contributed by atoms with Crippen LogP contribution in [0.3, 0.4) is 0 Å². The van der Waals surface area contributed by atoms with Crippen molar-refractivity contribution in [1.82, 2.24) is 9.29 Å². The molecule has 1 amide bonds. The van der Waals surface area contributed by atoms with Crippen molar-refractivity contribution in [3.63, 3.8) is 0 Å². The van der Waals surface area contributed by atoms with Gasteiger partial charge in [0.25, 0.3) is 5.91 Å². The van der Waals surface area contributed by atoms with Crippen molar-refractivity contribution < 1.29 is 9.53 Å². The number of benzene rings is 1. The molecular weight excluding hydrogens is 334 g/mol. The van der Waals surface area contributed by atoms with Crippen LogP contribution in [0.15, 0.2) is 59.3 Å². The molecule has 130 valence electrons. The summed E-state index contributed by atoms with van der Waals surface area (Å²) in [5.74, 6) is 0.915. The van der Waals surface area contributed by atoms with Crippen molar-refractivity contribution in [3.8, 4) is 0 Å². The highest BCUT2D eigenvalue weighted by Crippen LogP contribution is 2.40. The van der Waals surface area contributed by atoms with Crippen molar-refractivity contribution >= 4 is 29.4 Å². The van der Waals surface area contributed by atoms with Gasteiger partial charge in [0.05, 0.1) is 6.61 Å². The van der Waals surface area contributed by atoms with Gasteiger partial charge in [-0.15, -0.1) is 0 Å². The summed E-state index contributed by atoms with van der Waals surface area (Å²) in [5, 5.41) is 2.85. The predicted molar refractivity (Wildman–Crippen MR) is 101 cm³/mol. The van der Waals surface area contributed by atoms with Crippen LogP contribution in [0.4, 0.5) is 5.82 Å². The van der Waals surface area contributed by atoms with Gasteiger partial charge in [0, 0.05) is 23.7 Å². The zero-order valence-corrected chi connectivity index (χ0v) is 15.2. The third-order valence-electron chi connectivity index (χ3n) is 3.76. The molecule has 6 heteroatoms. The van der Waals surface area contributed by atoms with Gasteiger partial charge >= 0.3 is 0 Å². The summed E-state index contributed by atoms with van der Waals surface area (Å²) >= 11 is 1.52. The lowest BCUT2D eigenvalue weighted by Crippen LogP contribution is -2.28. The Kier molecular flexibility index (Phi) is 5.60. The Morgan fingerprint density at radius 3 is 2.80 bits per heavy atom. The van der Waals surface area contributed by atoms with Crippen LogP contribution in [0.2, 0.25) is 0 Å². The zero-order valence-electron chi connectivity index (χ0n) is 14.4. The van der Waals surface area contributed by atoms with E-state index in [0.29, 0.717) is 23.9 Å². The minimum atomic E-state index is -0.227. The van der Waals surface area contributed by atoms with Crippen molar-refractivity contribution in [2.75, 3.05) is 19.0 Å². The lowest BCUT2D eigenvalue weighted by Gasteiger charge is -2.29. The van der Waals surface area contributed by atoms with Crippen LogP contribution in [0, 0.1) is 0 Å². The van der Waals surface area contributed by atoms with Crippen LogP contribution < -0.4 is 5.32 Å². The number of rotatable bonds is 6. The number of aromatic nitrogens is 1. The van der Waals surface area contributed by atoms with Gasteiger partial charge in [0.15, 0.2) is 11.5 Å². The number of hydrogen-bond donors (Lipinski definition) is 1. The molecule has 2 heterocycles. The second-order valence-corrected chi connectivity index (χ2v) is 6.80. The summed E-state index contributed by atoms with van der Waals surface area (Å²) < 4.78 is 7.88. The molecule has 1 N–H and O–H groups in total. The van der Waals surface area contributed by atoms with Crippen LogP contribution in [0.25, 0.3) is 5.76 Å². The first-order valence-corrected chi connectivity index (χ1v) is 9.08. The fourth-order valence-electron chi connectivity index (χ4n) is 2.52. The predicted octanol–water partition coefficient (Wildman–Crippen LogP) is 4.16. The fourth-order valence-corrected chi connectivity index (χ4v) is 3.47. The van der Waals surface area contributed by atoms with Gasteiger partial charge in [-0.1, -0.05) is 31.5 Å². The molecule has 0 radical (unpaired) electrons. The molecule has 1 aromatic heterocycles. The molecular formula is C19H21N3O2S. The lowest BCUT2D eigenvalue weighted by molar-refractivity contribution is -0.113. The first kappa shape index (κ1) is 17.4. The molecule has 1 aromatic carbocycles. The van der Waals surface area contributed by atoms with Crippen LogP contribution in [-0.2, 0) is 9.53 Å². The number of ether oxygens (including phenoxy) is 1. The van der Waals surface area contributed by atoms with Crippen molar-refractivity contribution in [2.45, 2.75) is 24.7 Å². The Labute approximate surface area is 152 Å². The van der Waals surface area contributed by atoms with Gasteiger partial charge in [-0.25, -0.2) is 4.98 Å². The standard InChI is InChI=1S/C19H21N3O2S/c1-3-4-13-24-18-14-9-5-6-10-15(14)25-22(2)17(18)19(23)21-16-11-7-8-12-20-16/h5-12H,3-4,13H2,1-2H3,(H,20,21,23). The lowest BCUT2D eigenvalue weighted by atomic mass is 10.1. The summed E-state index contributed by atoms with van der Waals surface area (Å²) in [6.07, 6.45) is 3.63. The van der Waals surface area contributed by atoms with Gasteiger partial charge < -0.3 is 14.4 Å². The molecule has 3 rings (SSSR count). The summed E-state index contributed by atoms with van der Waals surface area (Å²) in [4.78, 5) is 18.1. The number of carbonyl (C=O) groups excluding carboxylic acids is 1. The summed E-state index contributed by atoms with van der Waals surface area (Å²) in [6.45, 7) is 2.70. The average molecular weight is 355 g/mol. The number of unbranched alkanes of at least 4 members (excludes halogenated alkanes) is 1. The van der Waals surface area contributed by atoms with Gasteiger partial charge in [-0.05, 0) is 42.6 Å². The number of carbonyl (C=O) groups is 1. The maximum Gasteiger partial charge on any atom is 0.277 e. The zero-order chi connectivity index (χ0) is 17.6. The van der Waals surface area contributed by atoms with E-state index >= 15 is 0 Å². The monoisotopic (exact) mass is 355 g/mol. The maximum absolute atomic E-state index is 12.9. The van der Waals surface area contributed by atoms with E-state index in [1.54, 1.807) is 12.3 Å². The molecule has 5 nitrogen and oxygen atoms in total. The van der Waals surface area contributed by atoms with E-state index in [4.69, 9.17) is 4.74 Å². The van der Waals surface area contributed by atoms with Crippen LogP contribution in [-0.4, -0.2) is 28.9 Å². The van der Waals surface area contributed by atoms with E-state index in [2.05, 4.69) is 17.2 Å². The Hall–Kier alpha value is -2.47. The largest absolute Gasteiger partial charge is 0.490 e. The number of hydrogen-bond acceptors (Lipinski definition) is 5. The minimum absolute atomic E-state index is 0.227. The molecule has 25 heavy (non-hydrogen) atoms. The maximum atomic E-state index is 12.9. The van der Waals surface area contributed by atoms with Gasteiger partial charge in [0.2, 0.25) is 0 Å². The molecule has 0 saturated carbocycles. The number of fused-ring (bicyclic) bond motifs is 1. The molecule has 0 aliphatic carbocycles. The van der Waals surface area contributed by atoms with Crippen molar-refractivity contribution in [3.05, 3.63) is 59.9 Å². The van der Waals surface area contributed by atoms with Gasteiger partial charge in [0.1, 0.15) is 5.82 Å². The summed E-state index contributed by atoms with van der Waals surface area (Å²) in [6, 6.07) is 13.4. The Morgan fingerprint density at radius 2 is 2.04 bits per heavy atom. The highest BCUT2D eigenvalue weighted by molar-refractivity contribution is 7.97. The normalized spacial score (nSPS) is 13.4. The topological polar surface area (TPSA) is 54.5 Å². The van der Waals surface area contributed by atoms with Crippen molar-refractivity contribution in [1.29, 1.82) is 0 Å². The van der Waals surface area contributed by atoms with Gasteiger partial charge in [-0.3, -0.25) is 4.79 Å². The Bertz CT molecular complexity index is 777. The van der Waals surface area contributed by atoms with Crippen LogP contribution in [0.5, 0.6) is 0 Å². The Balaban J connectivity index is 1.96. The summed E-state index contributed by atoms with van der Waals surface area (Å²) in [7, 11) is 1.87. The summed E-state index contributed by atoms with van der Waals surface area (Å²) in [5.41, 5.74) is 1.46. The molecule has 1 aliphatic heterocycles. The van der Waals surface area contributed by atoms with Crippen molar-refractivity contribution in [2.24, 2.45) is 0 Å². The number of anilines is 1. The third kappa shape index (κ3) is 3.96. The minimum Gasteiger partial charge on any atom is -0.490 e. The van der Waals surface area contributed by atoms with Crippen LogP contribution in [0.1, 0.15) is 25.3 Å². The SMILES string of the molecule is CCCCOC1=C(C(=O)Nc2ccccn2)N(C)Sc2ccccc21. The first-order valence-electron chi connectivity index (χ1n) is 8.31. The quantitative estimate of drug-likeness (QED) is 0.623. The highest BCUT2D eigenvalue weighted by Gasteiger charge is 2.30. The van der Waals surface area contributed by atoms with E-state index in [-0.39, 0.29) is 5.91 Å². The fraction of sp³-hybridized carbons (Fsp3) is 0.263. The number of likely N-dealkylation sites (N-methyl/N-ethyl adjacent to an activating group) is 1. The second-order valence-electron chi connectivity index (χ2n) is 5.63. The van der Waals surface area contributed by atoms with E-state index in [1.165, 1.54) is 11.9 Å². The van der Waals surface area contributed by atoms with E-state index in [9.17, 15) is 4.79 Å². The number of pyridine rings is 1. The van der Waals surface area contributed by atoms with Gasteiger partial charge in [-0.2, -0.15) is 0 Å². The molecule has 0 saturated heterocycles. The first-order chi connectivity index (χ1) is 12.2. The molecule has 1 aliphatic rings. The van der Waals surface area contributed by atoms with E-state index in [1.807, 2.05) is 47.8 Å². The number of nitrogens with one attached hydrogen (secondary N) is 1. The second kappa shape index (κ2) is 8.07.